The molecule has 0 atom stereocenters. The molecule has 0 spiro atoms. The molecule has 1 rings (SSSR count). The van der Waals surface area contributed by atoms with E-state index in [4.69, 9.17) is 5.73 Å². The molecule has 0 radical (unpaired) electrons. The van der Waals surface area contributed by atoms with Crippen molar-refractivity contribution in [3.05, 3.63) is 0 Å². The third-order valence-corrected chi connectivity index (χ3v) is 3.95. The van der Waals surface area contributed by atoms with Crippen molar-refractivity contribution in [1.82, 2.24) is 4.72 Å². The van der Waals surface area contributed by atoms with Crippen LogP contribution in [0.2, 0.25) is 0 Å². The van der Waals surface area contributed by atoms with Gasteiger partial charge in [0.15, 0.2) is 0 Å². The average Bonchev–Trinajstić information content (AvgIpc) is 2.09. The number of nitrogens with two attached hydrogens (primary N) is 1. The van der Waals surface area contributed by atoms with E-state index in [9.17, 15) is 8.42 Å². The van der Waals surface area contributed by atoms with Crippen molar-refractivity contribution in [3.63, 3.8) is 0 Å². The molecule has 0 aromatic carbocycles. The number of rotatable bonds is 3. The number of nitrogens with one attached hydrogen (secondary N) is 1. The van der Waals surface area contributed by atoms with E-state index in [1.807, 2.05) is 0 Å². The van der Waals surface area contributed by atoms with Gasteiger partial charge < -0.3 is 5.73 Å². The van der Waals surface area contributed by atoms with Gasteiger partial charge in [-0.2, -0.15) is 0 Å². The Labute approximate surface area is 92.1 Å². The van der Waals surface area contributed by atoms with Gasteiger partial charge in [0.1, 0.15) is 0 Å². The second-order valence-corrected chi connectivity index (χ2v) is 5.68. The topological polar surface area (TPSA) is 72.2 Å². The second kappa shape index (κ2) is 5.90. The van der Waals surface area contributed by atoms with Gasteiger partial charge in [0.05, 0.1) is 5.75 Å². The summed E-state index contributed by atoms with van der Waals surface area (Å²) in [7, 11) is -3.03. The van der Waals surface area contributed by atoms with Gasteiger partial charge in [-0.1, -0.05) is 0 Å². The fourth-order valence-electron chi connectivity index (χ4n) is 1.57. The van der Waals surface area contributed by atoms with Gasteiger partial charge >= 0.3 is 0 Å². The Hall–Kier alpha value is 0.160. The zero-order chi connectivity index (χ0) is 9.90. The number of halogens is 1. The first-order valence-electron chi connectivity index (χ1n) is 4.79. The summed E-state index contributed by atoms with van der Waals surface area (Å²) in [5.74, 6) is 0.162. The zero-order valence-electron chi connectivity index (χ0n) is 8.40. The smallest absolute Gasteiger partial charge is 0.211 e. The van der Waals surface area contributed by atoms with Crippen LogP contribution in [0, 0.1) is 0 Å². The highest BCUT2D eigenvalue weighted by molar-refractivity contribution is 7.89. The molecule has 0 saturated heterocycles. The van der Waals surface area contributed by atoms with E-state index in [1.165, 1.54) is 0 Å². The highest BCUT2D eigenvalue weighted by Crippen LogP contribution is 2.17. The van der Waals surface area contributed by atoms with Crippen LogP contribution in [-0.4, -0.2) is 26.3 Å². The summed E-state index contributed by atoms with van der Waals surface area (Å²) in [5.41, 5.74) is 5.72. The van der Waals surface area contributed by atoms with Crippen LogP contribution >= 0.6 is 12.4 Å². The summed E-state index contributed by atoms with van der Waals surface area (Å²) < 4.78 is 25.1. The van der Waals surface area contributed by atoms with Gasteiger partial charge in [-0.05, 0) is 32.6 Å². The first-order chi connectivity index (χ1) is 6.03. The molecule has 0 bridgehead atoms. The molecule has 1 fully saturated rings. The van der Waals surface area contributed by atoms with E-state index in [1.54, 1.807) is 6.92 Å². The summed E-state index contributed by atoms with van der Waals surface area (Å²) in [6.07, 6.45) is 3.61. The fourth-order valence-corrected chi connectivity index (χ4v) is 2.48. The van der Waals surface area contributed by atoms with Crippen LogP contribution in [0.4, 0.5) is 0 Å². The molecule has 6 heteroatoms. The molecule has 4 nitrogen and oxygen atoms in total. The van der Waals surface area contributed by atoms with Crippen molar-refractivity contribution >= 4 is 22.4 Å². The van der Waals surface area contributed by atoms with Gasteiger partial charge in [0, 0.05) is 12.1 Å². The van der Waals surface area contributed by atoms with Crippen molar-refractivity contribution in [2.45, 2.75) is 44.7 Å². The minimum Gasteiger partial charge on any atom is -0.328 e. The summed E-state index contributed by atoms with van der Waals surface area (Å²) in [4.78, 5) is 0. The molecular weight excluding hydrogens is 224 g/mol. The molecule has 0 amide bonds. The van der Waals surface area contributed by atoms with Crippen LogP contribution in [0.5, 0.6) is 0 Å². The number of sulfonamides is 1. The summed E-state index contributed by atoms with van der Waals surface area (Å²) in [6.45, 7) is 1.65. The van der Waals surface area contributed by atoms with E-state index in [0.29, 0.717) is 0 Å². The van der Waals surface area contributed by atoms with Crippen LogP contribution in [0.1, 0.15) is 32.6 Å². The minimum atomic E-state index is -3.03. The highest BCUT2D eigenvalue weighted by atomic mass is 35.5. The van der Waals surface area contributed by atoms with E-state index in [2.05, 4.69) is 4.72 Å². The SMILES string of the molecule is CCS(=O)(=O)NC1CCC(N)CC1.Cl. The van der Waals surface area contributed by atoms with Gasteiger partial charge in [0.25, 0.3) is 0 Å². The van der Waals surface area contributed by atoms with Crippen molar-refractivity contribution in [1.29, 1.82) is 0 Å². The third-order valence-electron chi connectivity index (χ3n) is 2.50. The molecule has 86 valence electrons. The first-order valence-corrected chi connectivity index (χ1v) is 6.44. The predicted octanol–water partition coefficient (Wildman–Crippen LogP) is 0.617. The van der Waals surface area contributed by atoms with Crippen LogP contribution in [0.3, 0.4) is 0 Å². The Balaban J connectivity index is 0.00000169. The Kier molecular flexibility index (Phi) is 5.97. The van der Waals surface area contributed by atoms with Crippen LogP contribution < -0.4 is 10.5 Å². The lowest BCUT2D eigenvalue weighted by atomic mass is 9.93. The molecule has 1 aliphatic rings. The molecular formula is C8H19ClN2O2S. The standard InChI is InChI=1S/C8H18N2O2S.ClH/c1-2-13(11,12)10-8-5-3-7(9)4-6-8;/h7-8,10H,2-6,9H2,1H3;1H. The van der Waals surface area contributed by atoms with Crippen molar-refractivity contribution < 1.29 is 8.42 Å². The Morgan fingerprint density at radius 3 is 2.21 bits per heavy atom. The Morgan fingerprint density at radius 1 is 1.29 bits per heavy atom. The molecule has 3 N–H and O–H groups in total. The molecule has 0 heterocycles. The van der Waals surface area contributed by atoms with E-state index in [-0.39, 0.29) is 30.2 Å². The van der Waals surface area contributed by atoms with Crippen LogP contribution in [0.25, 0.3) is 0 Å². The van der Waals surface area contributed by atoms with E-state index < -0.39 is 10.0 Å². The normalized spacial score (nSPS) is 28.1. The van der Waals surface area contributed by atoms with Crippen LogP contribution in [-0.2, 0) is 10.0 Å². The molecule has 0 unspecified atom stereocenters. The third kappa shape index (κ3) is 4.59. The lowest BCUT2D eigenvalue weighted by Gasteiger charge is -2.26. The van der Waals surface area contributed by atoms with Gasteiger partial charge in [-0.15, -0.1) is 12.4 Å². The predicted molar refractivity (Wildman–Crippen MR) is 60.1 cm³/mol. The van der Waals surface area contributed by atoms with Crippen LogP contribution in [0.15, 0.2) is 0 Å². The van der Waals surface area contributed by atoms with Gasteiger partial charge in [-0.25, -0.2) is 13.1 Å². The monoisotopic (exact) mass is 242 g/mol. The summed E-state index contributed by atoms with van der Waals surface area (Å²) in [6, 6.07) is 0.382. The molecule has 1 saturated carbocycles. The molecule has 1 aliphatic carbocycles. The lowest BCUT2D eigenvalue weighted by Crippen LogP contribution is -2.40. The summed E-state index contributed by atoms with van der Waals surface area (Å²) >= 11 is 0. The maximum absolute atomic E-state index is 11.2. The van der Waals surface area contributed by atoms with E-state index in [0.717, 1.165) is 25.7 Å². The Morgan fingerprint density at radius 2 is 1.79 bits per heavy atom. The second-order valence-electron chi connectivity index (χ2n) is 3.63. The highest BCUT2D eigenvalue weighted by Gasteiger charge is 2.21. The number of hydrogen-bond acceptors (Lipinski definition) is 3. The van der Waals surface area contributed by atoms with E-state index >= 15 is 0 Å². The quantitative estimate of drug-likeness (QED) is 0.762. The summed E-state index contributed by atoms with van der Waals surface area (Å²) in [5, 5.41) is 0. The maximum atomic E-state index is 11.2. The van der Waals surface area contributed by atoms with Gasteiger partial charge in [0.2, 0.25) is 10.0 Å². The number of hydrogen-bond donors (Lipinski definition) is 2. The molecule has 0 aromatic rings. The maximum Gasteiger partial charge on any atom is 0.211 e. The van der Waals surface area contributed by atoms with Crippen molar-refractivity contribution in [2.75, 3.05) is 5.75 Å². The molecule has 0 aromatic heterocycles. The van der Waals surface area contributed by atoms with Crippen molar-refractivity contribution in [2.24, 2.45) is 5.73 Å². The zero-order valence-corrected chi connectivity index (χ0v) is 10.0. The average molecular weight is 243 g/mol. The molecule has 0 aliphatic heterocycles. The minimum absolute atomic E-state index is 0. The fraction of sp³-hybridized carbons (Fsp3) is 1.00. The first kappa shape index (κ1) is 14.2. The largest absolute Gasteiger partial charge is 0.328 e. The lowest BCUT2D eigenvalue weighted by molar-refractivity contribution is 0.373. The Bertz CT molecular complexity index is 248. The molecule has 14 heavy (non-hydrogen) atoms. The van der Waals surface area contributed by atoms with Gasteiger partial charge in [-0.3, -0.25) is 0 Å². The van der Waals surface area contributed by atoms with Crippen molar-refractivity contribution in [3.8, 4) is 0 Å².